The van der Waals surface area contributed by atoms with Gasteiger partial charge in [0.05, 0.1) is 27.8 Å². The molecule has 0 fully saturated rings. The molecule has 0 bridgehead atoms. The van der Waals surface area contributed by atoms with Crippen molar-refractivity contribution in [3.63, 3.8) is 0 Å². The van der Waals surface area contributed by atoms with E-state index in [9.17, 15) is 0 Å². The van der Waals surface area contributed by atoms with E-state index in [4.69, 9.17) is 19.4 Å². The Labute approximate surface area is 394 Å². The van der Waals surface area contributed by atoms with Crippen molar-refractivity contribution < 1.29 is 4.42 Å². The van der Waals surface area contributed by atoms with Crippen LogP contribution in [0.5, 0.6) is 0 Å². The molecule has 4 aromatic heterocycles. The first-order valence-electron chi connectivity index (χ1n) is 23.4. The summed E-state index contributed by atoms with van der Waals surface area (Å²) in [6.07, 6.45) is 0. The Kier molecular flexibility index (Phi) is 7.97. The van der Waals surface area contributed by atoms with Crippen molar-refractivity contribution in [3.8, 4) is 45.5 Å². The lowest BCUT2D eigenvalue weighted by Gasteiger charge is -2.15. The molecular formula is C63H37N5O. The van der Waals surface area contributed by atoms with Crippen LogP contribution in [0.1, 0.15) is 0 Å². The van der Waals surface area contributed by atoms with Crippen LogP contribution >= 0.6 is 0 Å². The highest BCUT2D eigenvalue weighted by atomic mass is 16.3. The molecule has 0 spiro atoms. The van der Waals surface area contributed by atoms with E-state index in [2.05, 4.69) is 209 Å². The first-order valence-corrected chi connectivity index (χ1v) is 23.4. The standard InChI is InChI=1S/C63H37N5O/c1-3-17-38(18-4-1)52-36-41(37-57-58(52)51-27-13-16-30-56(51)69-57)67-54-28-14-11-25-47(54)49-33-34-50-48-26-12-15-29-55(48)68(60(50)59(49)67)63-65-61(39-19-5-2-6-20-39)64-62(66-63)40-31-32-46-44-23-8-7-21-42(44)43-22-9-10-24-45(43)53(46)35-40/h1-37H. The van der Waals surface area contributed by atoms with E-state index < -0.39 is 0 Å². The van der Waals surface area contributed by atoms with Gasteiger partial charge in [-0.25, -0.2) is 4.98 Å². The molecule has 4 heterocycles. The Morgan fingerprint density at radius 3 is 1.43 bits per heavy atom. The SMILES string of the molecule is c1ccc(-c2nc(-c3ccc4c5ccccc5c5ccccc5c4c3)nc(-n3c4ccccc4c4ccc5c6ccccc6n(-c6cc(-c7ccccc7)c7c(c6)oc6ccccc67)c5c43)n2)cc1. The number of para-hydroxylation sites is 3. The molecule has 15 aromatic rings. The zero-order valence-corrected chi connectivity index (χ0v) is 37.0. The van der Waals surface area contributed by atoms with Gasteiger partial charge < -0.3 is 8.98 Å². The zero-order valence-electron chi connectivity index (χ0n) is 37.0. The number of aromatic nitrogens is 5. The van der Waals surface area contributed by atoms with Crippen molar-refractivity contribution >= 4 is 97.9 Å². The van der Waals surface area contributed by atoms with Gasteiger partial charge in [-0.3, -0.25) is 4.57 Å². The van der Waals surface area contributed by atoms with E-state index in [0.29, 0.717) is 17.6 Å². The number of furan rings is 1. The Bertz CT molecular complexity index is 4570. The summed E-state index contributed by atoms with van der Waals surface area (Å²) < 4.78 is 11.4. The zero-order chi connectivity index (χ0) is 45.2. The molecule has 0 N–H and O–H groups in total. The molecule has 0 aliphatic carbocycles. The second-order valence-electron chi connectivity index (χ2n) is 17.9. The fourth-order valence-electron chi connectivity index (χ4n) is 11.1. The molecule has 0 saturated carbocycles. The van der Waals surface area contributed by atoms with E-state index in [-0.39, 0.29) is 0 Å². The molecule has 320 valence electrons. The quantitative estimate of drug-likeness (QED) is 0.162. The minimum Gasteiger partial charge on any atom is -0.456 e. The van der Waals surface area contributed by atoms with E-state index in [0.717, 1.165) is 98.9 Å². The first kappa shape index (κ1) is 37.8. The van der Waals surface area contributed by atoms with Crippen molar-refractivity contribution in [1.82, 2.24) is 24.1 Å². The summed E-state index contributed by atoms with van der Waals surface area (Å²) in [4.78, 5) is 16.2. The van der Waals surface area contributed by atoms with Crippen molar-refractivity contribution in [2.75, 3.05) is 0 Å². The van der Waals surface area contributed by atoms with Crippen LogP contribution in [0.25, 0.3) is 143 Å². The van der Waals surface area contributed by atoms with Gasteiger partial charge in [0.15, 0.2) is 11.6 Å². The van der Waals surface area contributed by atoms with Crippen LogP contribution in [-0.4, -0.2) is 24.1 Å². The Balaban J connectivity index is 1.06. The molecule has 6 heteroatoms. The summed E-state index contributed by atoms with van der Waals surface area (Å²) in [6.45, 7) is 0. The summed E-state index contributed by atoms with van der Waals surface area (Å²) in [7, 11) is 0. The van der Waals surface area contributed by atoms with Crippen molar-refractivity contribution in [3.05, 3.63) is 224 Å². The molecule has 15 rings (SSSR count). The molecule has 11 aromatic carbocycles. The van der Waals surface area contributed by atoms with Gasteiger partial charge >= 0.3 is 0 Å². The molecular weight excluding hydrogens is 843 g/mol. The first-order chi connectivity index (χ1) is 34.2. The van der Waals surface area contributed by atoms with Crippen molar-refractivity contribution in [1.29, 1.82) is 0 Å². The monoisotopic (exact) mass is 879 g/mol. The van der Waals surface area contributed by atoms with Crippen LogP contribution in [0.4, 0.5) is 0 Å². The van der Waals surface area contributed by atoms with Crippen LogP contribution in [0.15, 0.2) is 229 Å². The van der Waals surface area contributed by atoms with Gasteiger partial charge in [0.1, 0.15) is 11.2 Å². The number of hydrogen-bond donors (Lipinski definition) is 0. The third-order valence-corrected chi connectivity index (χ3v) is 14.1. The third kappa shape index (κ3) is 5.57. The summed E-state index contributed by atoms with van der Waals surface area (Å²) in [5.41, 5.74) is 10.9. The van der Waals surface area contributed by atoms with Crippen LogP contribution in [0, 0.1) is 0 Å². The van der Waals surface area contributed by atoms with Crippen LogP contribution in [0.2, 0.25) is 0 Å². The molecule has 0 aliphatic rings. The number of nitrogens with zero attached hydrogens (tertiary/aromatic N) is 5. The van der Waals surface area contributed by atoms with Gasteiger partial charge in [-0.2, -0.15) is 9.97 Å². The maximum absolute atomic E-state index is 6.74. The van der Waals surface area contributed by atoms with Gasteiger partial charge in [0, 0.05) is 49.5 Å². The van der Waals surface area contributed by atoms with Gasteiger partial charge in [0.25, 0.3) is 0 Å². The van der Waals surface area contributed by atoms with Gasteiger partial charge in [-0.1, -0.05) is 188 Å². The van der Waals surface area contributed by atoms with E-state index in [1.165, 1.54) is 26.9 Å². The van der Waals surface area contributed by atoms with Crippen LogP contribution in [-0.2, 0) is 0 Å². The maximum Gasteiger partial charge on any atom is 0.238 e. The lowest BCUT2D eigenvalue weighted by molar-refractivity contribution is 0.668. The number of fused-ring (bicyclic) bond motifs is 16. The number of benzene rings is 11. The van der Waals surface area contributed by atoms with E-state index in [1.54, 1.807) is 0 Å². The molecule has 0 saturated heterocycles. The lowest BCUT2D eigenvalue weighted by Crippen LogP contribution is -2.07. The Morgan fingerprint density at radius 2 is 0.783 bits per heavy atom. The highest BCUT2D eigenvalue weighted by Crippen LogP contribution is 2.45. The topological polar surface area (TPSA) is 61.7 Å². The highest BCUT2D eigenvalue weighted by molar-refractivity contribution is 6.26. The van der Waals surface area contributed by atoms with E-state index >= 15 is 0 Å². The lowest BCUT2D eigenvalue weighted by atomic mass is 9.93. The average molecular weight is 880 g/mol. The highest BCUT2D eigenvalue weighted by Gasteiger charge is 2.25. The smallest absolute Gasteiger partial charge is 0.238 e. The number of rotatable bonds is 5. The van der Waals surface area contributed by atoms with Gasteiger partial charge in [0.2, 0.25) is 5.95 Å². The molecule has 0 aliphatic heterocycles. The van der Waals surface area contributed by atoms with Crippen LogP contribution in [0.3, 0.4) is 0 Å². The fraction of sp³-hybridized carbons (Fsp3) is 0. The Morgan fingerprint density at radius 1 is 0.304 bits per heavy atom. The predicted octanol–water partition coefficient (Wildman–Crippen LogP) is 16.4. The molecule has 69 heavy (non-hydrogen) atoms. The normalized spacial score (nSPS) is 12.1. The third-order valence-electron chi connectivity index (χ3n) is 14.1. The largest absolute Gasteiger partial charge is 0.456 e. The summed E-state index contributed by atoms with van der Waals surface area (Å²) in [5, 5.41) is 13.9. The molecule has 6 nitrogen and oxygen atoms in total. The summed E-state index contributed by atoms with van der Waals surface area (Å²) in [5.74, 6) is 1.73. The fourth-order valence-corrected chi connectivity index (χ4v) is 11.1. The predicted molar refractivity (Wildman–Crippen MR) is 285 cm³/mol. The second-order valence-corrected chi connectivity index (χ2v) is 17.9. The molecule has 0 atom stereocenters. The average Bonchev–Trinajstić information content (AvgIpc) is 4.09. The maximum atomic E-state index is 6.74. The van der Waals surface area contributed by atoms with Crippen molar-refractivity contribution in [2.24, 2.45) is 0 Å². The molecule has 0 unspecified atom stereocenters. The van der Waals surface area contributed by atoms with Gasteiger partial charge in [-0.05, 0) is 73.8 Å². The van der Waals surface area contributed by atoms with Crippen LogP contribution < -0.4 is 0 Å². The minimum atomic E-state index is 0.538. The number of hydrogen-bond acceptors (Lipinski definition) is 4. The molecule has 0 amide bonds. The summed E-state index contributed by atoms with van der Waals surface area (Å²) >= 11 is 0. The van der Waals surface area contributed by atoms with E-state index in [1.807, 2.05) is 24.3 Å². The Hall–Kier alpha value is -9.39. The molecule has 0 radical (unpaired) electrons. The van der Waals surface area contributed by atoms with Crippen molar-refractivity contribution in [2.45, 2.75) is 0 Å². The van der Waals surface area contributed by atoms with Gasteiger partial charge in [-0.15, -0.1) is 0 Å². The minimum absolute atomic E-state index is 0.538. The second kappa shape index (κ2) is 14.6. The summed E-state index contributed by atoms with van der Waals surface area (Å²) in [6, 6.07) is 79.7.